The van der Waals surface area contributed by atoms with Crippen LogP contribution in [0.1, 0.15) is 37.1 Å². The molecule has 0 radical (unpaired) electrons. The van der Waals surface area contributed by atoms with Crippen molar-refractivity contribution < 1.29 is 13.5 Å². The highest BCUT2D eigenvalue weighted by Gasteiger charge is 2.31. The van der Waals surface area contributed by atoms with Gasteiger partial charge in [0, 0.05) is 47.4 Å². The number of aromatic nitrogens is 3. The van der Waals surface area contributed by atoms with Gasteiger partial charge in [-0.25, -0.2) is 18.7 Å². The average Bonchev–Trinajstić information content (AvgIpc) is 2.73. The number of nitrogens with zero attached hydrogens (tertiary/aromatic N) is 3. The Labute approximate surface area is 178 Å². The highest BCUT2D eigenvalue weighted by Crippen LogP contribution is 2.37. The second-order valence-corrected chi connectivity index (χ2v) is 7.81. The van der Waals surface area contributed by atoms with E-state index in [-0.39, 0.29) is 23.7 Å². The van der Waals surface area contributed by atoms with Gasteiger partial charge in [0.25, 0.3) is 0 Å². The highest BCUT2D eigenvalue weighted by molar-refractivity contribution is 5.89. The molecule has 31 heavy (non-hydrogen) atoms. The van der Waals surface area contributed by atoms with E-state index in [0.29, 0.717) is 35.1 Å². The molecule has 0 aliphatic carbocycles. The van der Waals surface area contributed by atoms with Gasteiger partial charge in [0.1, 0.15) is 22.8 Å². The fraction of sp³-hybridized carbons (Fsp3) is 0.304. The lowest BCUT2D eigenvalue weighted by molar-refractivity contribution is -0.0266. The van der Waals surface area contributed by atoms with E-state index >= 15 is 0 Å². The van der Waals surface area contributed by atoms with Crippen molar-refractivity contribution in [2.45, 2.75) is 44.8 Å². The van der Waals surface area contributed by atoms with Crippen LogP contribution in [-0.4, -0.2) is 33.4 Å². The van der Waals surface area contributed by atoms with Gasteiger partial charge in [-0.15, -0.1) is 0 Å². The van der Waals surface area contributed by atoms with Gasteiger partial charge in [-0.3, -0.25) is 4.98 Å². The van der Waals surface area contributed by atoms with Gasteiger partial charge in [0.2, 0.25) is 0 Å². The van der Waals surface area contributed by atoms with Crippen molar-refractivity contribution in [3.8, 4) is 11.3 Å². The Balaban J connectivity index is 1.86. The largest absolute Gasteiger partial charge is 0.404 e. The SMILES string of the molecule is Cc1cnc2c(-c3ccc(F)cc3F)nc([C@H]3C[C@@H](C)O[C@@H](/C(C=N)=C/N)C3)cc2n1. The maximum atomic E-state index is 14.6. The van der Waals surface area contributed by atoms with Crippen molar-refractivity contribution in [1.29, 1.82) is 5.41 Å². The fourth-order valence-corrected chi connectivity index (χ4v) is 4.06. The molecule has 1 aromatic carbocycles. The molecule has 1 aliphatic rings. The minimum Gasteiger partial charge on any atom is -0.404 e. The number of fused-ring (bicyclic) bond motifs is 1. The third-order valence-electron chi connectivity index (χ3n) is 5.52. The second-order valence-electron chi connectivity index (χ2n) is 7.81. The molecule has 0 amide bonds. The molecular weight excluding hydrogens is 400 g/mol. The molecule has 3 atom stereocenters. The summed E-state index contributed by atoms with van der Waals surface area (Å²) in [5.41, 5.74) is 9.27. The zero-order chi connectivity index (χ0) is 22.1. The normalized spacial score (nSPS) is 21.9. The predicted molar refractivity (Wildman–Crippen MR) is 115 cm³/mol. The number of aryl methyl sites for hydroxylation is 1. The average molecular weight is 423 g/mol. The van der Waals surface area contributed by atoms with Crippen molar-refractivity contribution in [2.24, 2.45) is 5.73 Å². The summed E-state index contributed by atoms with van der Waals surface area (Å²) >= 11 is 0. The van der Waals surface area contributed by atoms with Crippen LogP contribution in [0, 0.1) is 24.0 Å². The maximum absolute atomic E-state index is 14.6. The van der Waals surface area contributed by atoms with Crippen LogP contribution in [0.4, 0.5) is 8.78 Å². The van der Waals surface area contributed by atoms with E-state index in [1.807, 2.05) is 19.9 Å². The molecule has 0 unspecified atom stereocenters. The lowest BCUT2D eigenvalue weighted by atomic mass is 9.86. The lowest BCUT2D eigenvalue weighted by Gasteiger charge is -2.34. The van der Waals surface area contributed by atoms with Gasteiger partial charge < -0.3 is 15.9 Å². The summed E-state index contributed by atoms with van der Waals surface area (Å²) in [5, 5.41) is 7.59. The summed E-state index contributed by atoms with van der Waals surface area (Å²) in [5.74, 6) is -1.38. The van der Waals surface area contributed by atoms with Crippen molar-refractivity contribution in [1.82, 2.24) is 15.0 Å². The predicted octanol–water partition coefficient (Wildman–Crippen LogP) is 4.42. The summed E-state index contributed by atoms with van der Waals surface area (Å²) in [6.45, 7) is 3.79. The Morgan fingerprint density at radius 1 is 1.23 bits per heavy atom. The Morgan fingerprint density at radius 3 is 2.74 bits per heavy atom. The molecule has 160 valence electrons. The molecule has 0 saturated carbocycles. The standard InChI is InChI=1S/C23H23F2N5O/c1-12-11-28-23-20(29-12)8-19(30-22(23)17-4-3-16(24)7-18(17)25)14-5-13(2)31-21(6-14)15(9-26)10-27/h3-4,7-11,13-14,21,26H,5-6,27H2,1-2H3/b15-10+,26-9?/t13-,14+,21-/m1/s1. The number of nitrogens with two attached hydrogens (primary N) is 1. The number of pyridine rings is 1. The van der Waals surface area contributed by atoms with Gasteiger partial charge in [0.05, 0.1) is 23.4 Å². The Hall–Kier alpha value is -3.26. The summed E-state index contributed by atoms with van der Waals surface area (Å²) in [4.78, 5) is 13.8. The molecule has 1 saturated heterocycles. The monoisotopic (exact) mass is 423 g/mol. The van der Waals surface area contributed by atoms with Crippen LogP contribution in [0.3, 0.4) is 0 Å². The van der Waals surface area contributed by atoms with E-state index in [1.54, 1.807) is 6.20 Å². The van der Waals surface area contributed by atoms with Crippen LogP contribution in [0.25, 0.3) is 22.3 Å². The summed E-state index contributed by atoms with van der Waals surface area (Å²) in [6, 6.07) is 5.29. The molecular formula is C23H23F2N5O. The van der Waals surface area contributed by atoms with Gasteiger partial charge in [0.15, 0.2) is 0 Å². The fourth-order valence-electron chi connectivity index (χ4n) is 4.06. The first-order valence-corrected chi connectivity index (χ1v) is 10.1. The minimum atomic E-state index is -0.705. The van der Waals surface area contributed by atoms with E-state index < -0.39 is 11.6 Å². The molecule has 3 heterocycles. The zero-order valence-electron chi connectivity index (χ0n) is 17.3. The molecule has 2 aromatic heterocycles. The van der Waals surface area contributed by atoms with Crippen molar-refractivity contribution in [3.63, 3.8) is 0 Å². The first kappa shape index (κ1) is 21.0. The number of benzene rings is 1. The lowest BCUT2D eigenvalue weighted by Crippen LogP contribution is -2.32. The molecule has 1 fully saturated rings. The van der Waals surface area contributed by atoms with Gasteiger partial charge >= 0.3 is 0 Å². The number of rotatable bonds is 4. The first-order valence-electron chi connectivity index (χ1n) is 10.1. The molecule has 3 N–H and O–H groups in total. The number of nitrogens with one attached hydrogen (secondary N) is 1. The minimum absolute atomic E-state index is 0.0161. The quantitative estimate of drug-likeness (QED) is 0.606. The van der Waals surface area contributed by atoms with Crippen molar-refractivity contribution >= 4 is 17.2 Å². The van der Waals surface area contributed by atoms with Crippen LogP contribution in [0.5, 0.6) is 0 Å². The van der Waals surface area contributed by atoms with Crippen molar-refractivity contribution in [2.75, 3.05) is 0 Å². The number of ether oxygens (including phenoxy) is 1. The van der Waals surface area contributed by atoms with E-state index in [0.717, 1.165) is 17.5 Å². The second kappa shape index (κ2) is 8.47. The van der Waals surface area contributed by atoms with Crippen molar-refractivity contribution in [3.05, 3.63) is 65.3 Å². The van der Waals surface area contributed by atoms with E-state index in [2.05, 4.69) is 9.97 Å². The molecule has 4 rings (SSSR count). The van der Waals surface area contributed by atoms with Crippen LogP contribution < -0.4 is 5.73 Å². The number of hydrogen-bond acceptors (Lipinski definition) is 6. The third-order valence-corrected chi connectivity index (χ3v) is 5.52. The summed E-state index contributed by atoms with van der Waals surface area (Å²) in [7, 11) is 0. The summed E-state index contributed by atoms with van der Waals surface area (Å²) in [6.07, 6.45) is 5.05. The smallest absolute Gasteiger partial charge is 0.135 e. The topological polar surface area (TPSA) is 97.8 Å². The van der Waals surface area contributed by atoms with E-state index in [9.17, 15) is 8.78 Å². The summed E-state index contributed by atoms with van der Waals surface area (Å²) < 4.78 is 34.1. The molecule has 0 bridgehead atoms. The molecule has 6 nitrogen and oxygen atoms in total. The van der Waals surface area contributed by atoms with Crippen LogP contribution in [0.2, 0.25) is 0 Å². The van der Waals surface area contributed by atoms with E-state index in [1.165, 1.54) is 24.5 Å². The first-order chi connectivity index (χ1) is 14.9. The number of hydrogen-bond donors (Lipinski definition) is 2. The van der Waals surface area contributed by atoms with E-state index in [4.69, 9.17) is 20.9 Å². The molecule has 3 aromatic rings. The zero-order valence-corrected chi connectivity index (χ0v) is 17.3. The molecule has 0 spiro atoms. The Bertz CT molecular complexity index is 1180. The molecule has 8 heteroatoms. The van der Waals surface area contributed by atoms with Gasteiger partial charge in [-0.05, 0) is 44.9 Å². The van der Waals surface area contributed by atoms with Gasteiger partial charge in [-0.1, -0.05) is 0 Å². The van der Waals surface area contributed by atoms with Crippen LogP contribution >= 0.6 is 0 Å². The third kappa shape index (κ3) is 4.16. The van der Waals surface area contributed by atoms with Crippen LogP contribution in [0.15, 0.2) is 42.2 Å². The molecule has 1 aliphatic heterocycles. The number of halogens is 2. The highest BCUT2D eigenvalue weighted by atomic mass is 19.1. The van der Waals surface area contributed by atoms with Gasteiger partial charge in [-0.2, -0.15) is 0 Å². The Kier molecular flexibility index (Phi) is 5.73. The Morgan fingerprint density at radius 2 is 2.03 bits per heavy atom. The van der Waals surface area contributed by atoms with Crippen LogP contribution in [-0.2, 0) is 4.74 Å². The maximum Gasteiger partial charge on any atom is 0.135 e.